The van der Waals surface area contributed by atoms with Gasteiger partial charge in [-0.15, -0.1) is 0 Å². The Morgan fingerprint density at radius 2 is 1.92 bits per heavy atom. The third kappa shape index (κ3) is 8.12. The molecule has 2 N–H and O–H groups in total. The predicted octanol–water partition coefficient (Wildman–Crippen LogP) is 1.24. The molecular formula is C7H15O5P. The zero-order chi connectivity index (χ0) is 10.7. The second-order valence-corrected chi connectivity index (χ2v) is 4.71. The van der Waals surface area contributed by atoms with Crippen molar-refractivity contribution < 1.29 is 23.7 Å². The third-order valence-electron chi connectivity index (χ3n) is 1.45. The minimum Gasteiger partial charge on any atom is -0.303 e. The molecule has 0 aliphatic heterocycles. The lowest BCUT2D eigenvalue weighted by Crippen LogP contribution is -2.23. The monoisotopic (exact) mass is 210 g/mol. The molecule has 0 saturated carbocycles. The highest BCUT2D eigenvalue weighted by atomic mass is 31.2. The van der Waals surface area contributed by atoms with Crippen LogP contribution in [0.25, 0.3) is 0 Å². The topological polar surface area (TPSA) is 83.8 Å². The van der Waals surface area contributed by atoms with Crippen LogP contribution in [0.3, 0.4) is 0 Å². The average Bonchev–Trinajstić information content (AvgIpc) is 1.78. The molecule has 0 saturated heterocycles. The molecule has 0 spiro atoms. The van der Waals surface area contributed by atoms with Crippen molar-refractivity contribution in [3.05, 3.63) is 0 Å². The summed E-state index contributed by atoms with van der Waals surface area (Å²) in [6.07, 6.45) is 0.556. The minimum absolute atomic E-state index is 0.0256. The summed E-state index contributed by atoms with van der Waals surface area (Å²) in [7, 11) is -4.46. The van der Waals surface area contributed by atoms with E-state index in [2.05, 4.69) is 4.52 Å². The number of phosphoric acid groups is 1. The van der Waals surface area contributed by atoms with Gasteiger partial charge in [0.15, 0.2) is 0 Å². The van der Waals surface area contributed by atoms with Gasteiger partial charge in [0, 0.05) is 6.42 Å². The maximum atomic E-state index is 10.6. The molecule has 0 unspecified atom stereocenters. The Morgan fingerprint density at radius 3 is 2.23 bits per heavy atom. The lowest BCUT2D eigenvalue weighted by Gasteiger charge is -2.24. The van der Waals surface area contributed by atoms with E-state index in [1.165, 1.54) is 20.8 Å². The summed E-state index contributed by atoms with van der Waals surface area (Å²) in [4.78, 5) is 27.7. The predicted molar refractivity (Wildman–Crippen MR) is 47.1 cm³/mol. The van der Waals surface area contributed by atoms with Gasteiger partial charge in [-0.25, -0.2) is 4.57 Å². The molecule has 0 aromatic heterocycles. The number of rotatable bonds is 5. The molecule has 0 atom stereocenters. The van der Waals surface area contributed by atoms with Crippen LogP contribution in [-0.2, 0) is 13.9 Å². The van der Waals surface area contributed by atoms with Gasteiger partial charge in [0.05, 0.1) is 5.60 Å². The highest BCUT2D eigenvalue weighted by Gasteiger charge is 2.28. The molecule has 0 fully saturated rings. The number of phosphoric ester groups is 1. The lowest BCUT2D eigenvalue weighted by atomic mass is 10.0. The zero-order valence-electron chi connectivity index (χ0n) is 7.98. The van der Waals surface area contributed by atoms with E-state index in [1.807, 2.05) is 0 Å². The molecule has 13 heavy (non-hydrogen) atoms. The van der Waals surface area contributed by atoms with Crippen LogP contribution < -0.4 is 0 Å². The van der Waals surface area contributed by atoms with E-state index in [4.69, 9.17) is 9.79 Å². The number of carbonyl (C=O) groups is 1. The molecule has 0 radical (unpaired) electrons. The molecule has 0 aromatic carbocycles. The Morgan fingerprint density at radius 1 is 1.46 bits per heavy atom. The van der Waals surface area contributed by atoms with Gasteiger partial charge in [-0.2, -0.15) is 0 Å². The number of carbonyl (C=O) groups excluding carboxylic acids is 1. The van der Waals surface area contributed by atoms with Gasteiger partial charge in [0.2, 0.25) is 0 Å². The second kappa shape index (κ2) is 4.33. The van der Waals surface area contributed by atoms with Crippen molar-refractivity contribution in [3.8, 4) is 0 Å². The number of hydrogen-bond acceptors (Lipinski definition) is 3. The lowest BCUT2D eigenvalue weighted by molar-refractivity contribution is -0.118. The second-order valence-electron chi connectivity index (χ2n) is 3.54. The van der Waals surface area contributed by atoms with Gasteiger partial charge in [0.25, 0.3) is 0 Å². The first-order chi connectivity index (χ1) is 5.62. The summed E-state index contributed by atoms with van der Waals surface area (Å²) < 4.78 is 15.0. The van der Waals surface area contributed by atoms with Gasteiger partial charge in [-0.1, -0.05) is 0 Å². The summed E-state index contributed by atoms with van der Waals surface area (Å²) in [6, 6.07) is 0. The fourth-order valence-electron chi connectivity index (χ4n) is 0.845. The van der Waals surface area contributed by atoms with Gasteiger partial charge < -0.3 is 14.6 Å². The van der Waals surface area contributed by atoms with Crippen molar-refractivity contribution in [1.29, 1.82) is 0 Å². The number of hydrogen-bond donors (Lipinski definition) is 2. The molecule has 0 rings (SSSR count). The molecule has 0 heterocycles. The maximum Gasteiger partial charge on any atom is 0.470 e. The van der Waals surface area contributed by atoms with Crippen molar-refractivity contribution in [2.45, 2.75) is 39.2 Å². The van der Waals surface area contributed by atoms with Crippen LogP contribution >= 0.6 is 7.82 Å². The Hall–Kier alpha value is -0.220. The first-order valence-electron chi connectivity index (χ1n) is 3.88. The maximum absolute atomic E-state index is 10.6. The fourth-order valence-corrected chi connectivity index (χ4v) is 1.58. The minimum atomic E-state index is -4.46. The first kappa shape index (κ1) is 12.8. The van der Waals surface area contributed by atoms with Crippen molar-refractivity contribution in [3.63, 3.8) is 0 Å². The van der Waals surface area contributed by atoms with Crippen LogP contribution in [0.1, 0.15) is 33.6 Å². The molecule has 0 amide bonds. The van der Waals surface area contributed by atoms with Crippen LogP contribution in [-0.4, -0.2) is 21.2 Å². The van der Waals surface area contributed by atoms with E-state index in [1.54, 1.807) is 0 Å². The van der Waals surface area contributed by atoms with Crippen LogP contribution in [0.5, 0.6) is 0 Å². The van der Waals surface area contributed by atoms with Crippen LogP contribution in [0.15, 0.2) is 0 Å². The summed E-state index contributed by atoms with van der Waals surface area (Å²) in [6.45, 7) is 4.50. The zero-order valence-corrected chi connectivity index (χ0v) is 8.88. The molecule has 0 aliphatic rings. The largest absolute Gasteiger partial charge is 0.470 e. The van der Waals surface area contributed by atoms with E-state index in [0.717, 1.165) is 0 Å². The fraction of sp³-hybridized carbons (Fsp3) is 0.857. The highest BCUT2D eigenvalue weighted by Crippen LogP contribution is 2.42. The molecule has 78 valence electrons. The van der Waals surface area contributed by atoms with E-state index >= 15 is 0 Å². The van der Waals surface area contributed by atoms with Crippen LogP contribution in [0.2, 0.25) is 0 Å². The molecule has 6 heteroatoms. The van der Waals surface area contributed by atoms with Crippen LogP contribution in [0.4, 0.5) is 0 Å². The quantitative estimate of drug-likeness (QED) is 0.667. The van der Waals surface area contributed by atoms with Gasteiger partial charge in [0.1, 0.15) is 5.78 Å². The van der Waals surface area contributed by atoms with Crippen molar-refractivity contribution >= 4 is 13.6 Å². The molecule has 0 aliphatic carbocycles. The Balaban J connectivity index is 4.09. The Bertz CT molecular complexity index is 229. The SMILES string of the molecule is CC(=O)CCC(C)(C)OP(=O)(O)O. The third-order valence-corrected chi connectivity index (χ3v) is 2.18. The Kier molecular flexibility index (Phi) is 4.26. The highest BCUT2D eigenvalue weighted by molar-refractivity contribution is 7.46. The van der Waals surface area contributed by atoms with Crippen LogP contribution in [0, 0.1) is 0 Å². The van der Waals surface area contributed by atoms with E-state index < -0.39 is 13.4 Å². The van der Waals surface area contributed by atoms with Gasteiger partial charge in [-0.3, -0.25) is 4.52 Å². The average molecular weight is 210 g/mol. The molecule has 0 bridgehead atoms. The normalized spacial score (nSPS) is 13.0. The number of ketones is 1. The summed E-state index contributed by atoms with van der Waals surface area (Å²) in [5.74, 6) is -0.0256. The summed E-state index contributed by atoms with van der Waals surface area (Å²) >= 11 is 0. The molecule has 5 nitrogen and oxygen atoms in total. The van der Waals surface area contributed by atoms with Crippen molar-refractivity contribution in [2.75, 3.05) is 0 Å². The summed E-state index contributed by atoms with van der Waals surface area (Å²) in [5.41, 5.74) is -0.968. The standard InChI is InChI=1S/C7H15O5P/c1-6(8)4-5-7(2,3)12-13(9,10)11/h4-5H2,1-3H3,(H2,9,10,11). The van der Waals surface area contributed by atoms with E-state index in [0.29, 0.717) is 6.42 Å². The van der Waals surface area contributed by atoms with Gasteiger partial charge in [-0.05, 0) is 27.2 Å². The van der Waals surface area contributed by atoms with Crippen molar-refractivity contribution in [2.24, 2.45) is 0 Å². The van der Waals surface area contributed by atoms with Gasteiger partial charge >= 0.3 is 7.82 Å². The first-order valence-corrected chi connectivity index (χ1v) is 5.41. The van der Waals surface area contributed by atoms with E-state index in [9.17, 15) is 9.36 Å². The molecule has 0 aromatic rings. The van der Waals surface area contributed by atoms with Crippen molar-refractivity contribution in [1.82, 2.24) is 0 Å². The molecular weight excluding hydrogens is 195 g/mol. The number of Topliss-reactive ketones (excluding diaryl/α,β-unsaturated/α-hetero) is 1. The smallest absolute Gasteiger partial charge is 0.303 e. The van der Waals surface area contributed by atoms with E-state index in [-0.39, 0.29) is 12.2 Å². The summed E-state index contributed by atoms with van der Waals surface area (Å²) in [5, 5.41) is 0. The Labute approximate surface area is 77.3 Å².